The minimum atomic E-state index is -0.491. The van der Waals surface area contributed by atoms with Gasteiger partial charge in [0.15, 0.2) is 11.3 Å². The number of hydrogen-bond donors (Lipinski definition) is 0. The molecule has 0 radical (unpaired) electrons. The van der Waals surface area contributed by atoms with Crippen molar-refractivity contribution in [3.63, 3.8) is 0 Å². The molecule has 7 nitrogen and oxygen atoms in total. The first-order chi connectivity index (χ1) is 10.3. The van der Waals surface area contributed by atoms with Crippen LogP contribution >= 0.6 is 0 Å². The van der Waals surface area contributed by atoms with E-state index in [9.17, 15) is 4.79 Å². The van der Waals surface area contributed by atoms with Gasteiger partial charge in [0, 0.05) is 23.7 Å². The molecule has 0 amide bonds. The highest BCUT2D eigenvalue weighted by Gasteiger charge is 2.10. The molecule has 0 bridgehead atoms. The second-order valence-electron chi connectivity index (χ2n) is 4.42. The van der Waals surface area contributed by atoms with E-state index >= 15 is 0 Å². The monoisotopic (exact) mass is 283 g/mol. The van der Waals surface area contributed by atoms with E-state index in [-0.39, 0.29) is 5.69 Å². The van der Waals surface area contributed by atoms with E-state index in [1.165, 1.54) is 18.1 Å². The summed E-state index contributed by atoms with van der Waals surface area (Å²) >= 11 is 0. The average Bonchev–Trinajstić information content (AvgIpc) is 3.01. The number of hydrogen-bond acceptors (Lipinski definition) is 6. The van der Waals surface area contributed by atoms with E-state index in [1.807, 2.05) is 24.3 Å². The zero-order valence-electron chi connectivity index (χ0n) is 11.4. The Balaban J connectivity index is 1.71. The Morgan fingerprint density at radius 1 is 1.33 bits per heavy atom. The van der Waals surface area contributed by atoms with Crippen LogP contribution in [0.15, 0.2) is 36.7 Å². The van der Waals surface area contributed by atoms with Crippen LogP contribution in [-0.2, 0) is 17.7 Å². The first-order valence-electron chi connectivity index (χ1n) is 6.45. The van der Waals surface area contributed by atoms with Gasteiger partial charge in [-0.25, -0.2) is 14.8 Å². The maximum absolute atomic E-state index is 11.3. The zero-order valence-corrected chi connectivity index (χ0v) is 11.4. The summed E-state index contributed by atoms with van der Waals surface area (Å²) in [5, 5.41) is 9.08. The van der Waals surface area contributed by atoms with Crippen LogP contribution in [0, 0.1) is 0 Å². The van der Waals surface area contributed by atoms with Crippen LogP contribution in [0.3, 0.4) is 0 Å². The van der Waals surface area contributed by atoms with E-state index in [2.05, 4.69) is 24.9 Å². The van der Waals surface area contributed by atoms with Gasteiger partial charge in [-0.05, 0) is 24.3 Å². The summed E-state index contributed by atoms with van der Waals surface area (Å²) in [6, 6.07) is 7.79. The van der Waals surface area contributed by atoms with E-state index in [1.54, 1.807) is 6.20 Å². The van der Waals surface area contributed by atoms with Crippen molar-refractivity contribution in [1.29, 1.82) is 0 Å². The zero-order chi connectivity index (χ0) is 14.7. The van der Waals surface area contributed by atoms with Crippen molar-refractivity contribution >= 4 is 17.0 Å². The molecule has 0 aliphatic carbocycles. The molecule has 0 fully saturated rings. The Hall–Kier alpha value is -2.83. The van der Waals surface area contributed by atoms with Gasteiger partial charge in [-0.3, -0.25) is 0 Å². The number of methoxy groups -OCH3 is 1. The molecule has 106 valence electrons. The summed E-state index contributed by atoms with van der Waals surface area (Å²) in [6.45, 7) is 0.530. The molecule has 3 rings (SSSR count). The Morgan fingerprint density at radius 3 is 3.10 bits per heavy atom. The molecule has 0 aliphatic rings. The van der Waals surface area contributed by atoms with Crippen LogP contribution in [0.4, 0.5) is 0 Å². The second kappa shape index (κ2) is 5.66. The lowest BCUT2D eigenvalue weighted by molar-refractivity contribution is 0.0593. The molecular weight excluding hydrogens is 270 g/mol. The third kappa shape index (κ3) is 2.86. The lowest BCUT2D eigenvalue weighted by atomic mass is 10.2. The number of carbonyl (C=O) groups excluding carboxylic acids is 1. The van der Waals surface area contributed by atoms with Gasteiger partial charge >= 0.3 is 5.97 Å². The van der Waals surface area contributed by atoms with Crippen LogP contribution in [0.2, 0.25) is 0 Å². The van der Waals surface area contributed by atoms with Gasteiger partial charge in [0.05, 0.1) is 19.9 Å². The lowest BCUT2D eigenvalue weighted by Crippen LogP contribution is -2.08. The van der Waals surface area contributed by atoms with E-state index < -0.39 is 5.97 Å². The normalized spacial score (nSPS) is 10.7. The molecule has 0 spiro atoms. The molecule has 0 atom stereocenters. The molecule has 0 aromatic carbocycles. The minimum Gasteiger partial charge on any atom is -0.464 e. The number of nitrogens with zero attached hydrogens (tertiary/aromatic N) is 5. The highest BCUT2D eigenvalue weighted by molar-refractivity contribution is 5.86. The predicted octanol–water partition coefficient (Wildman–Crippen LogP) is 1.25. The highest BCUT2D eigenvalue weighted by Crippen LogP contribution is 2.09. The molecule has 0 N–H and O–H groups in total. The average molecular weight is 283 g/mol. The summed E-state index contributed by atoms with van der Waals surface area (Å²) in [7, 11) is 1.31. The number of ether oxygens (including phenoxy) is 1. The first kappa shape index (κ1) is 13.2. The standard InChI is InChI=1S/C14H13N5O2/c1-21-14(20)12-9-16-19(18-12)8-6-11-5-4-10-3-2-7-15-13(10)17-11/h2-5,7,9H,6,8H2,1H3. The molecule has 21 heavy (non-hydrogen) atoms. The summed E-state index contributed by atoms with van der Waals surface area (Å²) in [5.74, 6) is -0.491. The Labute approximate surface area is 120 Å². The lowest BCUT2D eigenvalue weighted by Gasteiger charge is -2.02. The number of carbonyl (C=O) groups is 1. The number of fused-ring (bicyclic) bond motifs is 1. The maximum Gasteiger partial charge on any atom is 0.360 e. The number of rotatable bonds is 4. The van der Waals surface area contributed by atoms with Crippen LogP contribution in [0.5, 0.6) is 0 Å². The summed E-state index contributed by atoms with van der Waals surface area (Å²) in [5.41, 5.74) is 1.82. The number of aryl methyl sites for hydroxylation is 2. The predicted molar refractivity (Wildman–Crippen MR) is 74.6 cm³/mol. The highest BCUT2D eigenvalue weighted by atomic mass is 16.5. The fraction of sp³-hybridized carbons (Fsp3) is 0.214. The van der Waals surface area contributed by atoms with Crippen molar-refractivity contribution < 1.29 is 9.53 Å². The molecule has 7 heteroatoms. The topological polar surface area (TPSA) is 82.8 Å². The number of pyridine rings is 2. The number of aromatic nitrogens is 5. The van der Waals surface area contributed by atoms with E-state index in [0.29, 0.717) is 13.0 Å². The molecular formula is C14H13N5O2. The maximum atomic E-state index is 11.3. The molecule has 3 heterocycles. The van der Waals surface area contributed by atoms with Gasteiger partial charge in [-0.2, -0.15) is 9.90 Å². The molecule has 0 saturated heterocycles. The van der Waals surface area contributed by atoms with Gasteiger partial charge in [0.25, 0.3) is 0 Å². The summed E-state index contributed by atoms with van der Waals surface area (Å²) < 4.78 is 4.59. The molecule has 3 aromatic heterocycles. The van der Waals surface area contributed by atoms with Crippen molar-refractivity contribution in [3.8, 4) is 0 Å². The third-order valence-electron chi connectivity index (χ3n) is 3.02. The van der Waals surface area contributed by atoms with Crippen LogP contribution in [-0.4, -0.2) is 38.0 Å². The van der Waals surface area contributed by atoms with Crippen LogP contribution in [0.25, 0.3) is 11.0 Å². The Kier molecular flexibility index (Phi) is 3.55. The van der Waals surface area contributed by atoms with Crippen molar-refractivity contribution in [2.24, 2.45) is 0 Å². The van der Waals surface area contributed by atoms with Gasteiger partial charge in [0.1, 0.15) is 0 Å². The van der Waals surface area contributed by atoms with Gasteiger partial charge in [-0.15, -0.1) is 5.10 Å². The van der Waals surface area contributed by atoms with Crippen molar-refractivity contribution in [1.82, 2.24) is 25.0 Å². The summed E-state index contributed by atoms with van der Waals surface area (Å²) in [4.78, 5) is 21.4. The van der Waals surface area contributed by atoms with Crippen LogP contribution in [0.1, 0.15) is 16.2 Å². The molecule has 0 unspecified atom stereocenters. The second-order valence-corrected chi connectivity index (χ2v) is 4.42. The van der Waals surface area contributed by atoms with Crippen molar-refractivity contribution in [3.05, 3.63) is 48.0 Å². The fourth-order valence-corrected chi connectivity index (χ4v) is 1.95. The SMILES string of the molecule is COC(=O)c1cnn(CCc2ccc3cccnc3n2)n1. The Bertz CT molecular complexity index is 784. The number of esters is 1. The Morgan fingerprint density at radius 2 is 2.24 bits per heavy atom. The summed E-state index contributed by atoms with van der Waals surface area (Å²) in [6.07, 6.45) is 3.76. The van der Waals surface area contributed by atoms with E-state index in [4.69, 9.17) is 0 Å². The minimum absolute atomic E-state index is 0.200. The van der Waals surface area contributed by atoms with Crippen LogP contribution < -0.4 is 0 Å². The van der Waals surface area contributed by atoms with E-state index in [0.717, 1.165) is 16.7 Å². The molecule has 3 aromatic rings. The smallest absolute Gasteiger partial charge is 0.360 e. The third-order valence-corrected chi connectivity index (χ3v) is 3.02. The quantitative estimate of drug-likeness (QED) is 0.670. The van der Waals surface area contributed by atoms with Crippen molar-refractivity contribution in [2.75, 3.05) is 7.11 Å². The first-order valence-corrected chi connectivity index (χ1v) is 6.45. The van der Waals surface area contributed by atoms with Gasteiger partial charge in [0.2, 0.25) is 0 Å². The molecule has 0 aliphatic heterocycles. The van der Waals surface area contributed by atoms with Gasteiger partial charge < -0.3 is 4.74 Å². The van der Waals surface area contributed by atoms with Gasteiger partial charge in [-0.1, -0.05) is 0 Å². The van der Waals surface area contributed by atoms with Crippen molar-refractivity contribution in [2.45, 2.75) is 13.0 Å². The largest absolute Gasteiger partial charge is 0.464 e. The fourth-order valence-electron chi connectivity index (χ4n) is 1.95. The molecule has 0 saturated carbocycles.